The third-order valence-corrected chi connectivity index (χ3v) is 4.19. The predicted octanol–water partition coefficient (Wildman–Crippen LogP) is 1.42. The van der Waals surface area contributed by atoms with Gasteiger partial charge in [-0.05, 0) is 24.8 Å². The predicted molar refractivity (Wildman–Crippen MR) is 87.5 cm³/mol. The molecule has 0 amide bonds. The molecular formula is C17H26N2O4. The summed E-state index contributed by atoms with van der Waals surface area (Å²) in [4.78, 5) is 14.3. The fourth-order valence-corrected chi connectivity index (χ4v) is 2.86. The summed E-state index contributed by atoms with van der Waals surface area (Å²) in [6.45, 7) is 1.70. The van der Waals surface area contributed by atoms with Gasteiger partial charge < -0.3 is 19.9 Å². The number of nitrogens with zero attached hydrogens (tertiary/aromatic N) is 1. The van der Waals surface area contributed by atoms with Crippen LogP contribution in [0.2, 0.25) is 0 Å². The minimum Gasteiger partial charge on any atom is -0.497 e. The number of nitrogens with two attached hydrogens (primary N) is 1. The molecule has 1 aromatic carbocycles. The summed E-state index contributed by atoms with van der Waals surface area (Å²) in [7, 11) is 4.69. The molecule has 1 aromatic rings. The first kappa shape index (κ1) is 17.6. The Morgan fingerprint density at radius 2 is 2.04 bits per heavy atom. The van der Waals surface area contributed by atoms with Gasteiger partial charge in [0.05, 0.1) is 21.3 Å². The first-order valence-electron chi connectivity index (χ1n) is 7.87. The Bertz CT molecular complexity index is 531. The topological polar surface area (TPSA) is 74.0 Å². The highest BCUT2D eigenvalue weighted by molar-refractivity contribution is 5.76. The molecule has 2 N–H and O–H groups in total. The highest BCUT2D eigenvalue weighted by Gasteiger charge is 2.40. The summed E-state index contributed by atoms with van der Waals surface area (Å²) < 4.78 is 15.7. The van der Waals surface area contributed by atoms with Crippen LogP contribution in [0.5, 0.6) is 11.5 Å². The second-order valence-electron chi connectivity index (χ2n) is 5.74. The van der Waals surface area contributed by atoms with Crippen LogP contribution in [0.15, 0.2) is 18.2 Å². The summed E-state index contributed by atoms with van der Waals surface area (Å²) in [5, 5.41) is 0. The molecule has 0 aromatic heterocycles. The van der Waals surface area contributed by atoms with Gasteiger partial charge in [0, 0.05) is 31.3 Å². The molecule has 1 aliphatic rings. The van der Waals surface area contributed by atoms with E-state index in [1.165, 1.54) is 7.11 Å². The maximum atomic E-state index is 12.2. The third-order valence-electron chi connectivity index (χ3n) is 4.19. The van der Waals surface area contributed by atoms with Gasteiger partial charge in [0.2, 0.25) is 0 Å². The molecule has 23 heavy (non-hydrogen) atoms. The van der Waals surface area contributed by atoms with Gasteiger partial charge >= 0.3 is 5.97 Å². The lowest BCUT2D eigenvalue weighted by Crippen LogP contribution is -2.45. The molecule has 1 unspecified atom stereocenters. The summed E-state index contributed by atoms with van der Waals surface area (Å²) in [5.74, 6) is 1.65. The van der Waals surface area contributed by atoms with Crippen molar-refractivity contribution in [1.82, 2.24) is 4.90 Å². The van der Waals surface area contributed by atoms with E-state index < -0.39 is 0 Å². The number of hydrogen-bond donors (Lipinski definition) is 1. The molecule has 0 aliphatic heterocycles. The standard InChI is InChI=1S/C17H26N2O4/c1-21-14-7-6-13(15(10-14)22-2)11-19(9-8-18)16(12-4-5-12)17(20)23-3/h6-7,10,12,16H,4-5,8-9,11,18H2,1-3H3. The van der Waals surface area contributed by atoms with Crippen LogP contribution in [0.3, 0.4) is 0 Å². The molecule has 0 bridgehead atoms. The molecule has 6 heteroatoms. The minimum absolute atomic E-state index is 0.187. The molecule has 128 valence electrons. The lowest BCUT2D eigenvalue weighted by atomic mass is 10.1. The number of carbonyl (C=O) groups excluding carboxylic acids is 1. The largest absolute Gasteiger partial charge is 0.497 e. The zero-order chi connectivity index (χ0) is 16.8. The number of hydrogen-bond acceptors (Lipinski definition) is 6. The Kier molecular flexibility index (Phi) is 6.24. The summed E-state index contributed by atoms with van der Waals surface area (Å²) >= 11 is 0. The second kappa shape index (κ2) is 8.17. The number of carbonyl (C=O) groups is 1. The smallest absolute Gasteiger partial charge is 0.323 e. The van der Waals surface area contributed by atoms with Gasteiger partial charge in [-0.1, -0.05) is 6.07 Å². The monoisotopic (exact) mass is 322 g/mol. The molecule has 1 fully saturated rings. The number of benzene rings is 1. The fourth-order valence-electron chi connectivity index (χ4n) is 2.86. The molecule has 6 nitrogen and oxygen atoms in total. The van der Waals surface area contributed by atoms with Gasteiger partial charge in [0.25, 0.3) is 0 Å². The maximum Gasteiger partial charge on any atom is 0.323 e. The van der Waals surface area contributed by atoms with Crippen LogP contribution < -0.4 is 15.2 Å². The van der Waals surface area contributed by atoms with E-state index in [4.69, 9.17) is 19.9 Å². The summed E-state index contributed by atoms with van der Waals surface area (Å²) in [6, 6.07) is 5.46. The van der Waals surface area contributed by atoms with Crippen LogP contribution in [0, 0.1) is 5.92 Å². The third kappa shape index (κ3) is 4.36. The van der Waals surface area contributed by atoms with Crippen molar-refractivity contribution in [3.63, 3.8) is 0 Å². The number of methoxy groups -OCH3 is 3. The Balaban J connectivity index is 2.22. The molecule has 0 saturated heterocycles. The van der Waals surface area contributed by atoms with Crippen molar-refractivity contribution in [2.45, 2.75) is 25.4 Å². The van der Waals surface area contributed by atoms with Gasteiger partial charge in [-0.15, -0.1) is 0 Å². The highest BCUT2D eigenvalue weighted by Crippen LogP contribution is 2.37. The Morgan fingerprint density at radius 1 is 1.30 bits per heavy atom. The van der Waals surface area contributed by atoms with Crippen molar-refractivity contribution in [2.24, 2.45) is 11.7 Å². The van der Waals surface area contributed by atoms with Crippen molar-refractivity contribution in [3.8, 4) is 11.5 Å². The van der Waals surface area contributed by atoms with Crippen LogP contribution >= 0.6 is 0 Å². The van der Waals surface area contributed by atoms with Crippen molar-refractivity contribution in [3.05, 3.63) is 23.8 Å². The summed E-state index contributed by atoms with van der Waals surface area (Å²) in [5.41, 5.74) is 6.75. The Hall–Kier alpha value is -1.79. The van der Waals surface area contributed by atoms with E-state index in [1.54, 1.807) is 14.2 Å². The molecule has 1 atom stereocenters. The summed E-state index contributed by atoms with van der Waals surface area (Å²) in [6.07, 6.45) is 2.11. The van der Waals surface area contributed by atoms with E-state index in [0.29, 0.717) is 25.6 Å². The number of rotatable bonds is 9. The second-order valence-corrected chi connectivity index (χ2v) is 5.74. The fraction of sp³-hybridized carbons (Fsp3) is 0.588. The van der Waals surface area contributed by atoms with Crippen LogP contribution in [0.1, 0.15) is 18.4 Å². The van der Waals surface area contributed by atoms with E-state index >= 15 is 0 Å². The van der Waals surface area contributed by atoms with Gasteiger partial charge in [-0.2, -0.15) is 0 Å². The van der Waals surface area contributed by atoms with E-state index in [0.717, 1.165) is 29.9 Å². The molecule has 0 spiro atoms. The average Bonchev–Trinajstić information content (AvgIpc) is 3.40. The maximum absolute atomic E-state index is 12.2. The van der Waals surface area contributed by atoms with Gasteiger partial charge in [0.1, 0.15) is 17.5 Å². The van der Waals surface area contributed by atoms with Crippen molar-refractivity contribution in [2.75, 3.05) is 34.4 Å². The normalized spacial score (nSPS) is 15.3. The first-order chi connectivity index (χ1) is 11.1. The zero-order valence-electron chi connectivity index (χ0n) is 14.1. The van der Waals surface area contributed by atoms with Crippen LogP contribution in [-0.2, 0) is 16.1 Å². The highest BCUT2D eigenvalue weighted by atomic mass is 16.5. The van der Waals surface area contributed by atoms with Crippen molar-refractivity contribution in [1.29, 1.82) is 0 Å². The SMILES string of the molecule is COC(=O)C(C1CC1)N(CCN)Cc1ccc(OC)cc1OC. The van der Waals surface area contributed by atoms with Crippen LogP contribution in [-0.4, -0.2) is 51.3 Å². The molecule has 1 saturated carbocycles. The molecular weight excluding hydrogens is 296 g/mol. The molecule has 0 radical (unpaired) electrons. The molecule has 1 aliphatic carbocycles. The number of esters is 1. The lowest BCUT2D eigenvalue weighted by molar-refractivity contribution is -0.148. The van der Waals surface area contributed by atoms with E-state index in [-0.39, 0.29) is 12.0 Å². The lowest BCUT2D eigenvalue weighted by Gasteiger charge is -2.30. The molecule has 0 heterocycles. The van der Waals surface area contributed by atoms with E-state index in [2.05, 4.69) is 4.90 Å². The van der Waals surface area contributed by atoms with Crippen LogP contribution in [0.4, 0.5) is 0 Å². The average molecular weight is 322 g/mol. The first-order valence-corrected chi connectivity index (χ1v) is 7.87. The van der Waals surface area contributed by atoms with Gasteiger partial charge in [-0.3, -0.25) is 9.69 Å². The Morgan fingerprint density at radius 3 is 2.57 bits per heavy atom. The van der Waals surface area contributed by atoms with Crippen LogP contribution in [0.25, 0.3) is 0 Å². The van der Waals surface area contributed by atoms with Crippen molar-refractivity contribution < 1.29 is 19.0 Å². The Labute approximate surface area is 137 Å². The van der Waals surface area contributed by atoms with E-state index in [1.807, 2.05) is 18.2 Å². The quantitative estimate of drug-likeness (QED) is 0.693. The van der Waals surface area contributed by atoms with Crippen molar-refractivity contribution >= 4 is 5.97 Å². The molecule has 2 rings (SSSR count). The van der Waals surface area contributed by atoms with E-state index in [9.17, 15) is 4.79 Å². The van der Waals surface area contributed by atoms with Gasteiger partial charge in [-0.25, -0.2) is 0 Å². The van der Waals surface area contributed by atoms with Gasteiger partial charge in [0.15, 0.2) is 0 Å². The minimum atomic E-state index is -0.240. The number of ether oxygens (including phenoxy) is 3. The zero-order valence-corrected chi connectivity index (χ0v) is 14.1.